The number of alkyl halides is 3. The average molecular weight is 220 g/mol. The van der Waals surface area contributed by atoms with Crippen LogP contribution in [0.15, 0.2) is 11.8 Å². The lowest BCUT2D eigenvalue weighted by Crippen LogP contribution is -2.39. The molecule has 2 nitrogen and oxygen atoms in total. The van der Waals surface area contributed by atoms with Crippen molar-refractivity contribution < 1.29 is 22.7 Å². The van der Waals surface area contributed by atoms with Crippen LogP contribution in [0.5, 0.6) is 0 Å². The van der Waals surface area contributed by atoms with Gasteiger partial charge in [0, 0.05) is 6.08 Å². The highest BCUT2D eigenvalue weighted by Gasteiger charge is 2.51. The van der Waals surface area contributed by atoms with Gasteiger partial charge in [0.1, 0.15) is 0 Å². The van der Waals surface area contributed by atoms with Crippen LogP contribution in [0.2, 0.25) is 0 Å². The summed E-state index contributed by atoms with van der Waals surface area (Å²) in [6.07, 6.45) is -0.666. The fourth-order valence-electron chi connectivity index (χ4n) is 2.15. The largest absolute Gasteiger partial charge is 0.474 e. The number of hydrogen-bond donors (Lipinski definition) is 0. The van der Waals surface area contributed by atoms with Crippen LogP contribution in [-0.2, 0) is 9.53 Å². The predicted molar refractivity (Wildman–Crippen MR) is 46.0 cm³/mol. The molecule has 0 saturated heterocycles. The van der Waals surface area contributed by atoms with Gasteiger partial charge in [0.05, 0.1) is 0 Å². The van der Waals surface area contributed by atoms with Crippen LogP contribution in [0.4, 0.5) is 13.2 Å². The second-order valence-corrected chi connectivity index (χ2v) is 4.03. The highest BCUT2D eigenvalue weighted by molar-refractivity contribution is 5.99. The van der Waals surface area contributed by atoms with Gasteiger partial charge in [-0.2, -0.15) is 13.2 Å². The highest BCUT2D eigenvalue weighted by atomic mass is 19.4. The van der Waals surface area contributed by atoms with Crippen LogP contribution < -0.4 is 0 Å². The van der Waals surface area contributed by atoms with Gasteiger partial charge >= 0.3 is 6.18 Å². The zero-order valence-corrected chi connectivity index (χ0v) is 8.06. The molecule has 1 heterocycles. The van der Waals surface area contributed by atoms with E-state index in [2.05, 4.69) is 0 Å². The van der Waals surface area contributed by atoms with Gasteiger partial charge in [-0.05, 0) is 25.7 Å². The molecule has 0 N–H and O–H groups in total. The predicted octanol–water partition coefficient (Wildman–Crippen LogP) is 2.73. The standard InChI is InChI=1S/C10H11F3O2/c11-10(12,13)8-6-7(14)9(15-8)4-2-1-3-5-9/h6H,1-5H2. The number of carbonyl (C=O) groups excluding carboxylic acids is 1. The van der Waals surface area contributed by atoms with E-state index in [0.29, 0.717) is 18.9 Å². The molecule has 0 amide bonds. The molecular weight excluding hydrogens is 209 g/mol. The number of rotatable bonds is 0. The molecule has 1 fully saturated rings. The Kier molecular flexibility index (Phi) is 2.28. The summed E-state index contributed by atoms with van der Waals surface area (Å²) in [6, 6.07) is 0. The van der Waals surface area contributed by atoms with Crippen LogP contribution in [0.3, 0.4) is 0 Å². The van der Waals surface area contributed by atoms with Crippen molar-refractivity contribution in [3.8, 4) is 0 Å². The van der Waals surface area contributed by atoms with Gasteiger partial charge in [-0.25, -0.2) is 0 Å². The molecule has 1 spiro atoms. The maximum Gasteiger partial charge on any atom is 0.449 e. The monoisotopic (exact) mass is 220 g/mol. The van der Waals surface area contributed by atoms with Gasteiger partial charge in [-0.15, -0.1) is 0 Å². The summed E-state index contributed by atoms with van der Waals surface area (Å²) in [6.45, 7) is 0. The fraction of sp³-hybridized carbons (Fsp3) is 0.700. The van der Waals surface area contributed by atoms with E-state index in [1.807, 2.05) is 0 Å². The Labute approximate surface area is 85.1 Å². The molecule has 15 heavy (non-hydrogen) atoms. The number of ether oxygens (including phenoxy) is 1. The van der Waals surface area contributed by atoms with Crippen molar-refractivity contribution in [1.29, 1.82) is 0 Å². The molecule has 0 aromatic carbocycles. The van der Waals surface area contributed by atoms with Gasteiger partial charge in [0.25, 0.3) is 0 Å². The molecule has 0 aromatic rings. The van der Waals surface area contributed by atoms with E-state index in [1.54, 1.807) is 0 Å². The maximum absolute atomic E-state index is 12.3. The van der Waals surface area contributed by atoms with Gasteiger partial charge in [-0.3, -0.25) is 4.79 Å². The van der Waals surface area contributed by atoms with Crippen molar-refractivity contribution in [1.82, 2.24) is 0 Å². The van der Waals surface area contributed by atoms with Crippen molar-refractivity contribution in [3.63, 3.8) is 0 Å². The van der Waals surface area contributed by atoms with E-state index in [-0.39, 0.29) is 0 Å². The first-order chi connectivity index (χ1) is 6.94. The first-order valence-electron chi connectivity index (χ1n) is 4.96. The minimum atomic E-state index is -4.55. The Morgan fingerprint density at radius 1 is 1.20 bits per heavy atom. The topological polar surface area (TPSA) is 26.3 Å². The molecule has 1 aliphatic carbocycles. The molecule has 1 aliphatic heterocycles. The molecular formula is C10H11F3O2. The molecule has 2 aliphatic rings. The summed E-state index contributed by atoms with van der Waals surface area (Å²) in [5.41, 5.74) is -1.19. The van der Waals surface area contributed by atoms with Gasteiger partial charge < -0.3 is 4.74 Å². The fourth-order valence-corrected chi connectivity index (χ4v) is 2.15. The van der Waals surface area contributed by atoms with E-state index < -0.39 is 23.3 Å². The number of carbonyl (C=O) groups is 1. The highest BCUT2D eigenvalue weighted by Crippen LogP contribution is 2.43. The Bertz CT molecular complexity index is 311. The van der Waals surface area contributed by atoms with Crippen LogP contribution in [0.25, 0.3) is 0 Å². The van der Waals surface area contributed by atoms with Crippen LogP contribution in [0, 0.1) is 0 Å². The first kappa shape index (κ1) is 10.5. The number of allylic oxidation sites excluding steroid dienone is 1. The maximum atomic E-state index is 12.3. The zero-order chi connectivity index (χ0) is 11.1. The van der Waals surface area contributed by atoms with Crippen molar-refractivity contribution in [2.45, 2.75) is 43.9 Å². The SMILES string of the molecule is O=C1C=C(C(F)(F)F)OC12CCCCC2. The smallest absolute Gasteiger partial charge is 0.449 e. The lowest BCUT2D eigenvalue weighted by atomic mass is 9.82. The van der Waals surface area contributed by atoms with E-state index in [0.717, 1.165) is 19.3 Å². The Balaban J connectivity index is 2.19. The first-order valence-corrected chi connectivity index (χ1v) is 4.96. The quantitative estimate of drug-likeness (QED) is 0.627. The second-order valence-electron chi connectivity index (χ2n) is 4.03. The van der Waals surface area contributed by atoms with Crippen molar-refractivity contribution in [2.24, 2.45) is 0 Å². The molecule has 0 unspecified atom stereocenters. The summed E-state index contributed by atoms with van der Waals surface area (Å²) in [7, 11) is 0. The van der Waals surface area contributed by atoms with Gasteiger partial charge in [0.2, 0.25) is 11.5 Å². The number of ketones is 1. The normalized spacial score (nSPS) is 25.3. The number of hydrogen-bond acceptors (Lipinski definition) is 2. The van der Waals surface area contributed by atoms with Crippen molar-refractivity contribution in [3.05, 3.63) is 11.8 Å². The summed E-state index contributed by atoms with van der Waals surface area (Å²) in [5.74, 6) is -1.65. The minimum Gasteiger partial charge on any atom is -0.474 e. The van der Waals surface area contributed by atoms with E-state index in [9.17, 15) is 18.0 Å². The Morgan fingerprint density at radius 3 is 2.27 bits per heavy atom. The summed E-state index contributed by atoms with van der Waals surface area (Å²) < 4.78 is 41.8. The van der Waals surface area contributed by atoms with E-state index in [1.165, 1.54) is 0 Å². The second kappa shape index (κ2) is 3.25. The molecule has 2 rings (SSSR count). The van der Waals surface area contributed by atoms with E-state index in [4.69, 9.17) is 4.74 Å². The van der Waals surface area contributed by atoms with Crippen LogP contribution in [-0.4, -0.2) is 17.6 Å². The summed E-state index contributed by atoms with van der Waals surface area (Å²) in [4.78, 5) is 11.5. The lowest BCUT2D eigenvalue weighted by Gasteiger charge is -2.32. The summed E-state index contributed by atoms with van der Waals surface area (Å²) in [5, 5.41) is 0. The lowest BCUT2D eigenvalue weighted by molar-refractivity contribution is -0.159. The summed E-state index contributed by atoms with van der Waals surface area (Å²) >= 11 is 0. The minimum absolute atomic E-state index is 0.405. The van der Waals surface area contributed by atoms with Crippen LogP contribution in [0.1, 0.15) is 32.1 Å². The molecule has 0 atom stereocenters. The van der Waals surface area contributed by atoms with Gasteiger partial charge in [-0.1, -0.05) is 6.42 Å². The molecule has 84 valence electrons. The molecule has 0 bridgehead atoms. The molecule has 0 radical (unpaired) electrons. The van der Waals surface area contributed by atoms with E-state index >= 15 is 0 Å². The third kappa shape index (κ3) is 1.75. The Morgan fingerprint density at radius 2 is 1.80 bits per heavy atom. The van der Waals surface area contributed by atoms with Gasteiger partial charge in [0.15, 0.2) is 5.60 Å². The third-order valence-electron chi connectivity index (χ3n) is 2.96. The molecule has 0 aromatic heterocycles. The zero-order valence-electron chi connectivity index (χ0n) is 8.06. The Hall–Kier alpha value is -1.00. The number of halogens is 3. The average Bonchev–Trinajstić information content (AvgIpc) is 2.45. The third-order valence-corrected chi connectivity index (χ3v) is 2.96. The van der Waals surface area contributed by atoms with Crippen molar-refractivity contribution in [2.75, 3.05) is 0 Å². The molecule has 1 saturated carbocycles. The van der Waals surface area contributed by atoms with Crippen LogP contribution >= 0.6 is 0 Å². The molecule has 5 heteroatoms. The van der Waals surface area contributed by atoms with Crippen molar-refractivity contribution >= 4 is 5.78 Å².